The first-order valence-electron chi connectivity index (χ1n) is 13.9. The van der Waals surface area contributed by atoms with Crippen LogP contribution in [0.2, 0.25) is 0 Å². The van der Waals surface area contributed by atoms with Gasteiger partial charge in [-0.2, -0.15) is 0 Å². The minimum atomic E-state index is -0.705. The van der Waals surface area contributed by atoms with E-state index in [1.54, 1.807) is 18.3 Å². The number of carbonyl (C=O) groups is 3. The smallest absolute Gasteiger partial charge is 0.272 e. The van der Waals surface area contributed by atoms with Crippen LogP contribution in [0, 0.1) is 5.41 Å². The van der Waals surface area contributed by atoms with Gasteiger partial charge in [0.2, 0.25) is 5.91 Å². The number of hydrogen-bond donors (Lipinski definition) is 2. The van der Waals surface area contributed by atoms with Gasteiger partial charge in [-0.15, -0.1) is 0 Å². The second-order valence-corrected chi connectivity index (χ2v) is 12.0. The number of ether oxygens (including phenoxy) is 1. The third kappa shape index (κ3) is 4.90. The highest BCUT2D eigenvalue weighted by atomic mass is 16.5. The van der Waals surface area contributed by atoms with Gasteiger partial charge < -0.3 is 24.8 Å². The lowest BCUT2D eigenvalue weighted by molar-refractivity contribution is -0.138. The predicted molar refractivity (Wildman–Crippen MR) is 152 cm³/mol. The van der Waals surface area contributed by atoms with Crippen molar-refractivity contribution in [2.75, 3.05) is 26.3 Å². The molecule has 0 unspecified atom stereocenters. The first-order valence-corrected chi connectivity index (χ1v) is 13.9. The predicted octanol–water partition coefficient (Wildman–Crippen LogP) is 3.64. The Labute approximate surface area is 233 Å². The number of pyridine rings is 1. The summed E-state index contributed by atoms with van der Waals surface area (Å²) in [4.78, 5) is 51.7. The largest absolute Gasteiger partial charge is 0.377 e. The molecule has 3 atom stereocenters. The molecule has 3 amide bonds. The average molecular weight is 542 g/mol. The number of amides is 3. The number of aromatic nitrogens is 2. The monoisotopic (exact) mass is 541 g/mol. The number of carbonyl (C=O) groups excluding carboxylic acids is 3. The molecule has 1 aromatic carbocycles. The van der Waals surface area contributed by atoms with Crippen LogP contribution in [0.15, 0.2) is 54.7 Å². The van der Waals surface area contributed by atoms with Crippen molar-refractivity contribution in [2.24, 2.45) is 5.41 Å². The standard InChI is InChI=1S/C31H35N5O4/c1-31(2,3)27(34-28(37)26-14-20-6-4-5-7-24(20)33-26)30(39)36-18-22-15-23(36)17-35(22)29(38)25-9-8-21(16-32-25)19-10-12-40-13-11-19/h4-10,14,16,22-23,27,33H,11-13,15,17-18H2,1-3H3,(H,34,37)/t22-,23-,27+/m0/s1. The molecule has 5 heterocycles. The van der Waals surface area contributed by atoms with Gasteiger partial charge in [0.25, 0.3) is 11.8 Å². The average Bonchev–Trinajstić information content (AvgIpc) is 3.69. The van der Waals surface area contributed by atoms with Gasteiger partial charge in [-0.25, -0.2) is 0 Å². The molecule has 2 N–H and O–H groups in total. The highest BCUT2D eigenvalue weighted by molar-refractivity contribution is 6.00. The van der Waals surface area contributed by atoms with Gasteiger partial charge in [-0.3, -0.25) is 19.4 Å². The fourth-order valence-electron chi connectivity index (χ4n) is 6.05. The van der Waals surface area contributed by atoms with E-state index in [-0.39, 0.29) is 29.8 Å². The van der Waals surface area contributed by atoms with Crippen molar-refractivity contribution < 1.29 is 19.1 Å². The van der Waals surface area contributed by atoms with Crippen LogP contribution in [0.25, 0.3) is 16.5 Å². The summed E-state index contributed by atoms with van der Waals surface area (Å²) in [6.07, 6.45) is 5.39. The number of H-pyrrole nitrogens is 1. The fraction of sp³-hybridized carbons (Fsp3) is 0.419. The van der Waals surface area contributed by atoms with Crippen molar-refractivity contribution in [3.63, 3.8) is 0 Å². The molecule has 9 heteroatoms. The highest BCUT2D eigenvalue weighted by Crippen LogP contribution is 2.34. The van der Waals surface area contributed by atoms with Gasteiger partial charge in [0.1, 0.15) is 17.4 Å². The molecule has 40 heavy (non-hydrogen) atoms. The maximum atomic E-state index is 13.8. The van der Waals surface area contributed by atoms with E-state index < -0.39 is 11.5 Å². The summed E-state index contributed by atoms with van der Waals surface area (Å²) in [6.45, 7) is 8.08. The van der Waals surface area contributed by atoms with E-state index in [1.165, 1.54) is 5.57 Å². The maximum Gasteiger partial charge on any atom is 0.272 e. The SMILES string of the molecule is CC(C)(C)[C@H](NC(=O)c1cc2ccccc2[nH]1)C(=O)N1C[C@@H]2C[C@H]1CN2C(=O)c1ccc(C2=CCOCC2)cn1. The molecule has 9 nitrogen and oxygen atoms in total. The van der Waals surface area contributed by atoms with Crippen LogP contribution in [0.5, 0.6) is 0 Å². The lowest BCUT2D eigenvalue weighted by atomic mass is 9.85. The van der Waals surface area contributed by atoms with Gasteiger partial charge >= 0.3 is 0 Å². The Balaban J connectivity index is 1.12. The Kier molecular flexibility index (Phi) is 6.70. The first-order chi connectivity index (χ1) is 19.2. The summed E-state index contributed by atoms with van der Waals surface area (Å²) in [6, 6.07) is 12.4. The molecule has 6 rings (SSSR count). The number of hydrogen-bond acceptors (Lipinski definition) is 5. The highest BCUT2D eigenvalue weighted by Gasteiger charge is 2.50. The van der Waals surface area contributed by atoms with Crippen molar-refractivity contribution in [3.8, 4) is 0 Å². The third-order valence-electron chi connectivity index (χ3n) is 8.26. The van der Waals surface area contributed by atoms with Crippen LogP contribution in [0.3, 0.4) is 0 Å². The second-order valence-electron chi connectivity index (χ2n) is 12.0. The van der Waals surface area contributed by atoms with E-state index in [0.717, 1.165) is 29.3 Å². The van der Waals surface area contributed by atoms with Crippen LogP contribution in [-0.2, 0) is 9.53 Å². The Morgan fingerprint density at radius 1 is 1.07 bits per heavy atom. The number of nitrogens with one attached hydrogen (secondary N) is 2. The molecule has 2 fully saturated rings. The summed E-state index contributed by atoms with van der Waals surface area (Å²) in [5.41, 5.74) is 3.42. The Hall–Kier alpha value is -3.98. The van der Waals surface area contributed by atoms with E-state index in [2.05, 4.69) is 21.4 Å². The first kappa shape index (κ1) is 26.3. The van der Waals surface area contributed by atoms with Crippen molar-refractivity contribution in [1.82, 2.24) is 25.1 Å². The molecule has 0 saturated carbocycles. The van der Waals surface area contributed by atoms with Gasteiger partial charge in [-0.1, -0.05) is 51.1 Å². The maximum absolute atomic E-state index is 13.8. The number of rotatable bonds is 5. The van der Waals surface area contributed by atoms with Crippen LogP contribution in [0.1, 0.15) is 60.2 Å². The molecule has 2 bridgehead atoms. The summed E-state index contributed by atoms with van der Waals surface area (Å²) in [7, 11) is 0. The van der Waals surface area contributed by atoms with Crippen LogP contribution in [0.4, 0.5) is 0 Å². The number of likely N-dealkylation sites (tertiary alicyclic amines) is 2. The number of para-hydroxylation sites is 1. The zero-order chi connectivity index (χ0) is 28.0. The summed E-state index contributed by atoms with van der Waals surface area (Å²) in [5, 5.41) is 3.94. The van der Waals surface area contributed by atoms with Crippen molar-refractivity contribution in [3.05, 3.63) is 71.7 Å². The molecule has 3 aliphatic rings. The van der Waals surface area contributed by atoms with Gasteiger partial charge in [0, 0.05) is 30.2 Å². The molecular formula is C31H35N5O4. The third-order valence-corrected chi connectivity index (χ3v) is 8.26. The lowest BCUT2D eigenvalue weighted by Crippen LogP contribution is -2.59. The van der Waals surface area contributed by atoms with Crippen LogP contribution in [-0.4, -0.2) is 81.9 Å². The Morgan fingerprint density at radius 2 is 1.85 bits per heavy atom. The molecule has 0 aliphatic carbocycles. The van der Waals surface area contributed by atoms with E-state index in [0.29, 0.717) is 37.7 Å². The molecule has 2 saturated heterocycles. The van der Waals surface area contributed by atoms with Crippen molar-refractivity contribution in [2.45, 2.75) is 51.7 Å². The number of fused-ring (bicyclic) bond motifs is 3. The number of benzene rings is 1. The fourth-order valence-corrected chi connectivity index (χ4v) is 6.05. The molecule has 0 spiro atoms. The number of nitrogens with zero attached hydrogens (tertiary/aromatic N) is 3. The second kappa shape index (κ2) is 10.2. The molecular weight excluding hydrogens is 506 g/mol. The lowest BCUT2D eigenvalue weighted by Gasteiger charge is -2.39. The number of aromatic amines is 1. The van der Waals surface area contributed by atoms with Crippen LogP contribution >= 0.6 is 0 Å². The zero-order valence-electron chi connectivity index (χ0n) is 23.1. The molecule has 208 valence electrons. The van der Waals surface area contributed by atoms with Gasteiger partial charge in [0.05, 0.1) is 25.3 Å². The van der Waals surface area contributed by atoms with E-state index >= 15 is 0 Å². The quantitative estimate of drug-likeness (QED) is 0.513. The zero-order valence-corrected chi connectivity index (χ0v) is 23.1. The van der Waals surface area contributed by atoms with Gasteiger partial charge in [-0.05, 0) is 47.6 Å². The summed E-state index contributed by atoms with van der Waals surface area (Å²) in [5.74, 6) is -0.521. The normalized spacial score (nSPS) is 21.4. The Bertz CT molecular complexity index is 1450. The van der Waals surface area contributed by atoms with E-state index in [1.807, 2.05) is 60.9 Å². The molecule has 3 aromatic rings. The summed E-state index contributed by atoms with van der Waals surface area (Å²) < 4.78 is 5.38. The van der Waals surface area contributed by atoms with Gasteiger partial charge in [0.15, 0.2) is 0 Å². The minimum absolute atomic E-state index is 0.0637. The summed E-state index contributed by atoms with van der Waals surface area (Å²) >= 11 is 0. The molecule has 0 radical (unpaired) electrons. The molecule has 2 aromatic heterocycles. The van der Waals surface area contributed by atoms with Crippen LogP contribution < -0.4 is 5.32 Å². The van der Waals surface area contributed by atoms with E-state index in [4.69, 9.17) is 4.74 Å². The van der Waals surface area contributed by atoms with Crippen molar-refractivity contribution >= 4 is 34.2 Å². The van der Waals surface area contributed by atoms with Crippen molar-refractivity contribution in [1.29, 1.82) is 0 Å². The minimum Gasteiger partial charge on any atom is -0.377 e. The molecule has 3 aliphatic heterocycles. The number of piperazine rings is 1. The van der Waals surface area contributed by atoms with E-state index in [9.17, 15) is 14.4 Å². The Morgan fingerprint density at radius 3 is 2.50 bits per heavy atom. The topological polar surface area (TPSA) is 108 Å².